The number of hydrogen-bond donors (Lipinski definition) is 1. The van der Waals surface area contributed by atoms with E-state index in [1.807, 2.05) is 31.2 Å². The zero-order valence-corrected chi connectivity index (χ0v) is 18.3. The van der Waals surface area contributed by atoms with E-state index in [-0.39, 0.29) is 24.5 Å². The Bertz CT molecular complexity index is 880. The summed E-state index contributed by atoms with van der Waals surface area (Å²) in [5, 5.41) is 3.65. The molecule has 1 N–H and O–H groups in total. The molecule has 1 unspecified atom stereocenters. The minimum absolute atomic E-state index is 0.119. The van der Waals surface area contributed by atoms with Gasteiger partial charge in [0.05, 0.1) is 0 Å². The molecule has 1 aliphatic carbocycles. The van der Waals surface area contributed by atoms with Crippen molar-refractivity contribution in [3.63, 3.8) is 0 Å². The summed E-state index contributed by atoms with van der Waals surface area (Å²) in [4.78, 5) is 27.6. The highest BCUT2D eigenvalue weighted by Gasteiger charge is 2.29. The molecule has 2 amide bonds. The summed E-state index contributed by atoms with van der Waals surface area (Å²) in [5.74, 6) is 0.161. The predicted molar refractivity (Wildman–Crippen MR) is 119 cm³/mol. The predicted octanol–water partition coefficient (Wildman–Crippen LogP) is 4.50. The molecular weight excluding hydrogens is 400 g/mol. The van der Waals surface area contributed by atoms with Gasteiger partial charge in [0.2, 0.25) is 5.91 Å². The number of aryl methyl sites for hydroxylation is 1. The summed E-state index contributed by atoms with van der Waals surface area (Å²) in [6.45, 7) is 3.97. The molecule has 0 bridgehead atoms. The highest BCUT2D eigenvalue weighted by atomic mass is 35.5. The average Bonchev–Trinajstić information content (AvgIpc) is 3.24. The van der Waals surface area contributed by atoms with Crippen molar-refractivity contribution in [1.29, 1.82) is 0 Å². The molecule has 0 aliphatic heterocycles. The van der Waals surface area contributed by atoms with Gasteiger partial charge in [-0.3, -0.25) is 9.59 Å². The van der Waals surface area contributed by atoms with Crippen LogP contribution in [0.25, 0.3) is 0 Å². The second-order valence-electron chi connectivity index (χ2n) is 7.86. The van der Waals surface area contributed by atoms with Crippen LogP contribution in [-0.2, 0) is 16.1 Å². The van der Waals surface area contributed by atoms with E-state index >= 15 is 0 Å². The maximum absolute atomic E-state index is 13.1. The molecule has 0 heterocycles. The Balaban J connectivity index is 1.72. The molecule has 1 saturated carbocycles. The quantitative estimate of drug-likeness (QED) is 0.673. The minimum Gasteiger partial charge on any atom is -0.484 e. The molecule has 2 aromatic carbocycles. The van der Waals surface area contributed by atoms with Crippen LogP contribution in [0.2, 0.25) is 5.02 Å². The molecular formula is C24H29ClN2O3. The zero-order chi connectivity index (χ0) is 21.5. The van der Waals surface area contributed by atoms with Gasteiger partial charge in [0.1, 0.15) is 11.8 Å². The third-order valence-corrected chi connectivity index (χ3v) is 5.86. The van der Waals surface area contributed by atoms with Crippen molar-refractivity contribution in [2.45, 2.75) is 58.2 Å². The summed E-state index contributed by atoms with van der Waals surface area (Å²) in [7, 11) is 0. The van der Waals surface area contributed by atoms with Crippen molar-refractivity contribution < 1.29 is 14.3 Å². The lowest BCUT2D eigenvalue weighted by atomic mass is 10.1. The SMILES string of the molecule is Cc1ccccc1CN(C(=O)COc1cccc(Cl)c1)C(C)C(=O)NC1CCCC1. The normalized spacial score (nSPS) is 14.9. The third kappa shape index (κ3) is 5.99. The van der Waals surface area contributed by atoms with Gasteiger partial charge in [0.15, 0.2) is 6.61 Å². The highest BCUT2D eigenvalue weighted by molar-refractivity contribution is 6.30. The van der Waals surface area contributed by atoms with Gasteiger partial charge in [0.25, 0.3) is 5.91 Å². The first kappa shape index (κ1) is 22.2. The van der Waals surface area contributed by atoms with Crippen LogP contribution in [0.15, 0.2) is 48.5 Å². The largest absolute Gasteiger partial charge is 0.484 e. The summed E-state index contributed by atoms with van der Waals surface area (Å²) in [6.07, 6.45) is 4.28. The molecule has 0 radical (unpaired) electrons. The Morgan fingerprint density at radius 2 is 1.90 bits per heavy atom. The van der Waals surface area contributed by atoms with Crippen molar-refractivity contribution in [2.24, 2.45) is 0 Å². The highest BCUT2D eigenvalue weighted by Crippen LogP contribution is 2.20. The number of hydrogen-bond acceptors (Lipinski definition) is 3. The van der Waals surface area contributed by atoms with Crippen molar-refractivity contribution >= 4 is 23.4 Å². The van der Waals surface area contributed by atoms with Crippen LogP contribution in [-0.4, -0.2) is 35.4 Å². The monoisotopic (exact) mass is 428 g/mol. The first-order chi connectivity index (χ1) is 14.4. The van der Waals surface area contributed by atoms with Crippen molar-refractivity contribution in [3.05, 3.63) is 64.7 Å². The fraction of sp³-hybridized carbons (Fsp3) is 0.417. The lowest BCUT2D eigenvalue weighted by Gasteiger charge is -2.30. The van der Waals surface area contributed by atoms with Gasteiger partial charge < -0.3 is 15.0 Å². The van der Waals surface area contributed by atoms with Gasteiger partial charge in [-0.15, -0.1) is 0 Å². The lowest BCUT2D eigenvalue weighted by molar-refractivity contribution is -0.142. The van der Waals surface area contributed by atoms with Crippen LogP contribution in [0.1, 0.15) is 43.7 Å². The fourth-order valence-electron chi connectivity index (χ4n) is 3.73. The van der Waals surface area contributed by atoms with Crippen molar-refractivity contribution in [3.8, 4) is 5.75 Å². The fourth-order valence-corrected chi connectivity index (χ4v) is 3.91. The third-order valence-electron chi connectivity index (χ3n) is 5.63. The van der Waals surface area contributed by atoms with E-state index in [9.17, 15) is 9.59 Å². The van der Waals surface area contributed by atoms with Crippen molar-refractivity contribution in [1.82, 2.24) is 10.2 Å². The molecule has 3 rings (SSSR count). The molecule has 0 saturated heterocycles. The molecule has 0 spiro atoms. The van der Waals surface area contributed by atoms with Gasteiger partial charge in [-0.1, -0.05) is 54.8 Å². The summed E-state index contributed by atoms with van der Waals surface area (Å²) < 4.78 is 5.65. The number of ether oxygens (including phenoxy) is 1. The topological polar surface area (TPSA) is 58.6 Å². The molecule has 160 valence electrons. The Hall–Kier alpha value is -2.53. The molecule has 6 heteroatoms. The second kappa shape index (κ2) is 10.5. The summed E-state index contributed by atoms with van der Waals surface area (Å²) >= 11 is 5.99. The number of benzene rings is 2. The summed E-state index contributed by atoms with van der Waals surface area (Å²) in [6, 6.07) is 14.4. The molecule has 1 atom stereocenters. The van der Waals surface area contributed by atoms with Gasteiger partial charge in [-0.05, 0) is 56.0 Å². The first-order valence-electron chi connectivity index (χ1n) is 10.5. The number of amides is 2. The second-order valence-corrected chi connectivity index (χ2v) is 8.30. The lowest BCUT2D eigenvalue weighted by Crippen LogP contribution is -2.50. The van der Waals surface area contributed by atoms with Gasteiger partial charge in [0, 0.05) is 17.6 Å². The van der Waals surface area contributed by atoms with E-state index in [0.29, 0.717) is 17.3 Å². The number of nitrogens with zero attached hydrogens (tertiary/aromatic N) is 1. The molecule has 0 aromatic heterocycles. The van der Waals surface area contributed by atoms with Gasteiger partial charge in [-0.25, -0.2) is 0 Å². The Morgan fingerprint density at radius 1 is 1.17 bits per heavy atom. The minimum atomic E-state index is -0.597. The molecule has 1 fully saturated rings. The van der Waals surface area contributed by atoms with Crippen LogP contribution in [0.5, 0.6) is 5.75 Å². The Morgan fingerprint density at radius 3 is 2.60 bits per heavy atom. The van der Waals surface area contributed by atoms with Crippen LogP contribution in [0.3, 0.4) is 0 Å². The average molecular weight is 429 g/mol. The van der Waals surface area contributed by atoms with E-state index < -0.39 is 6.04 Å². The van der Waals surface area contributed by atoms with E-state index in [2.05, 4.69) is 5.32 Å². The Kier molecular flexibility index (Phi) is 7.75. The molecule has 5 nitrogen and oxygen atoms in total. The van der Waals surface area contributed by atoms with E-state index in [1.54, 1.807) is 36.1 Å². The number of carbonyl (C=O) groups is 2. The Labute approximate surface area is 183 Å². The number of nitrogens with one attached hydrogen (secondary N) is 1. The van der Waals surface area contributed by atoms with Crippen LogP contribution in [0, 0.1) is 6.92 Å². The number of rotatable bonds is 8. The van der Waals surface area contributed by atoms with Crippen LogP contribution < -0.4 is 10.1 Å². The van der Waals surface area contributed by atoms with E-state index in [0.717, 1.165) is 36.8 Å². The standard InChI is InChI=1S/C24H29ClN2O3/c1-17-8-3-4-9-19(17)15-27(18(2)24(29)26-21-11-5-6-12-21)23(28)16-30-22-13-7-10-20(25)14-22/h3-4,7-10,13-14,18,21H,5-6,11-12,15-16H2,1-2H3,(H,26,29). The van der Waals surface area contributed by atoms with Crippen molar-refractivity contribution in [2.75, 3.05) is 6.61 Å². The molecule has 30 heavy (non-hydrogen) atoms. The molecule has 2 aromatic rings. The zero-order valence-electron chi connectivity index (χ0n) is 17.6. The van der Waals surface area contributed by atoms with Gasteiger partial charge in [-0.2, -0.15) is 0 Å². The number of carbonyl (C=O) groups excluding carboxylic acids is 2. The first-order valence-corrected chi connectivity index (χ1v) is 10.8. The van der Waals surface area contributed by atoms with E-state index in [1.165, 1.54) is 0 Å². The maximum Gasteiger partial charge on any atom is 0.261 e. The smallest absolute Gasteiger partial charge is 0.261 e. The maximum atomic E-state index is 13.1. The van der Waals surface area contributed by atoms with Crippen LogP contribution >= 0.6 is 11.6 Å². The van der Waals surface area contributed by atoms with Crippen LogP contribution in [0.4, 0.5) is 0 Å². The summed E-state index contributed by atoms with van der Waals surface area (Å²) in [5.41, 5.74) is 2.09. The van der Waals surface area contributed by atoms with E-state index in [4.69, 9.17) is 16.3 Å². The van der Waals surface area contributed by atoms with Gasteiger partial charge >= 0.3 is 0 Å². The number of halogens is 1. The molecule has 1 aliphatic rings.